The second kappa shape index (κ2) is 17.6. The van der Waals surface area contributed by atoms with Gasteiger partial charge in [0.1, 0.15) is 0 Å². The molecule has 0 aromatic rings. The Labute approximate surface area is 190 Å². The molecule has 10 nitrogen and oxygen atoms in total. The van der Waals surface area contributed by atoms with Crippen molar-refractivity contribution >= 4 is 69.8 Å². The van der Waals surface area contributed by atoms with Crippen molar-refractivity contribution in [3.8, 4) is 0 Å². The van der Waals surface area contributed by atoms with E-state index in [0.717, 1.165) is 0 Å². The Morgan fingerprint density at radius 1 is 0.778 bits per heavy atom. The average Bonchev–Trinajstić information content (AvgIpc) is 2.48. The quantitative estimate of drug-likeness (QED) is 0.181. The number of nitrogens with one attached hydrogen (secondary N) is 2. The van der Waals surface area contributed by atoms with Gasteiger partial charge < -0.3 is 19.7 Å². The third kappa shape index (κ3) is 30.5. The van der Waals surface area contributed by atoms with Crippen LogP contribution in [0.1, 0.15) is 26.7 Å². The Morgan fingerprint density at radius 2 is 1.07 bits per heavy atom. The maximum Gasteiger partial charge on any atom is 2.00 e. The summed E-state index contributed by atoms with van der Waals surface area (Å²) in [5.41, 5.74) is 0. The van der Waals surface area contributed by atoms with Crippen molar-refractivity contribution in [3.05, 3.63) is 24.3 Å². The molecule has 0 aliphatic heterocycles. The van der Waals surface area contributed by atoms with Gasteiger partial charge in [-0.25, -0.2) is 16.8 Å². The van der Waals surface area contributed by atoms with Crippen molar-refractivity contribution < 1.29 is 35.5 Å². The van der Waals surface area contributed by atoms with E-state index in [9.17, 15) is 35.5 Å². The van der Waals surface area contributed by atoms with Crippen LogP contribution in [0.5, 0.6) is 0 Å². The van der Waals surface area contributed by atoms with Gasteiger partial charge in [-0.3, -0.25) is 9.59 Å². The largest absolute Gasteiger partial charge is 2.00 e. The van der Waals surface area contributed by atoms with E-state index in [4.69, 9.17) is 0 Å². The Balaban J connectivity index is -0.000000411. The summed E-state index contributed by atoms with van der Waals surface area (Å²) in [7, 11) is -8.31. The van der Waals surface area contributed by atoms with Crippen LogP contribution in [0.15, 0.2) is 24.3 Å². The van der Waals surface area contributed by atoms with Gasteiger partial charge in [-0.2, -0.15) is 0 Å². The minimum Gasteiger partial charge on any atom is -0.748 e. The molecule has 0 heterocycles. The van der Waals surface area contributed by atoms with Gasteiger partial charge in [-0.1, -0.05) is 12.2 Å². The van der Waals surface area contributed by atoms with E-state index < -0.39 is 31.7 Å². The number of carbonyl (C=O) groups is 2. The van der Waals surface area contributed by atoms with Crippen molar-refractivity contribution in [1.29, 1.82) is 0 Å². The van der Waals surface area contributed by atoms with Gasteiger partial charge in [-0.15, -0.1) is 0 Å². The van der Waals surface area contributed by atoms with Crippen molar-refractivity contribution in [3.63, 3.8) is 0 Å². The molecule has 13 heteroatoms. The smallest absolute Gasteiger partial charge is 0.748 e. The van der Waals surface area contributed by atoms with E-state index in [1.165, 1.54) is 12.2 Å². The molecule has 27 heavy (non-hydrogen) atoms. The van der Waals surface area contributed by atoms with Crippen LogP contribution in [0.4, 0.5) is 0 Å². The van der Waals surface area contributed by atoms with Gasteiger partial charge in [-0.05, 0) is 38.8 Å². The Bertz CT molecular complexity index is 628. The molecule has 0 saturated heterocycles. The first kappa shape index (κ1) is 31.2. The first-order valence-corrected chi connectivity index (χ1v) is 10.7. The summed E-state index contributed by atoms with van der Waals surface area (Å²) in [5, 5.41) is 4.85. The van der Waals surface area contributed by atoms with E-state index in [0.29, 0.717) is 0 Å². The topological polar surface area (TPSA) is 173 Å². The van der Waals surface area contributed by atoms with E-state index in [2.05, 4.69) is 10.6 Å². The molecule has 0 aromatic carbocycles. The fraction of sp³-hybridized carbons (Fsp3) is 0.571. The summed E-state index contributed by atoms with van der Waals surface area (Å²) in [4.78, 5) is 21.5. The molecule has 2 N–H and O–H groups in total. The van der Waals surface area contributed by atoms with Gasteiger partial charge in [0.15, 0.2) is 0 Å². The van der Waals surface area contributed by atoms with Crippen molar-refractivity contribution in [2.24, 2.45) is 0 Å². The van der Waals surface area contributed by atoms with Gasteiger partial charge in [0, 0.05) is 24.6 Å². The minimum atomic E-state index is -4.15. The number of allylic oxidation sites excluding steroid dienone is 2. The maximum atomic E-state index is 10.7. The predicted molar refractivity (Wildman–Crippen MR) is 99.8 cm³/mol. The molecule has 0 saturated carbocycles. The maximum absolute atomic E-state index is 10.7. The molecule has 0 spiro atoms. The standard InChI is InChI=1S/2C7H13NO4S.Ca/c2*1-2-4-7(9)8-5-3-6-13(10,11)12;/h2*2,4H,3,5-6H2,1H3,(H,8,9)(H,10,11,12);/q;;+2/p-2. The number of amides is 2. The molecule has 0 aromatic heterocycles. The summed E-state index contributed by atoms with van der Waals surface area (Å²) >= 11 is 0. The van der Waals surface area contributed by atoms with Crippen LogP contribution in [0.2, 0.25) is 0 Å². The van der Waals surface area contributed by atoms with Crippen LogP contribution in [0, 0.1) is 0 Å². The average molecular weight is 453 g/mol. The monoisotopic (exact) mass is 452 g/mol. The zero-order chi connectivity index (χ0) is 20.6. The fourth-order valence-electron chi connectivity index (χ4n) is 1.34. The molecule has 0 aliphatic carbocycles. The molecule has 0 fully saturated rings. The molecular formula is C14H24CaN2O8S2. The van der Waals surface area contributed by atoms with E-state index in [-0.39, 0.29) is 75.5 Å². The first-order valence-electron chi connectivity index (χ1n) is 7.59. The molecular weight excluding hydrogens is 428 g/mol. The molecule has 0 aliphatic rings. The van der Waals surface area contributed by atoms with Crippen molar-refractivity contribution in [1.82, 2.24) is 10.6 Å². The van der Waals surface area contributed by atoms with Crippen molar-refractivity contribution in [2.75, 3.05) is 24.6 Å². The summed E-state index contributed by atoms with van der Waals surface area (Å²) in [5.74, 6) is -1.46. The molecule has 2 amide bonds. The number of rotatable bonds is 10. The number of hydrogen-bond donors (Lipinski definition) is 2. The molecule has 152 valence electrons. The Morgan fingerprint density at radius 3 is 1.30 bits per heavy atom. The van der Waals surface area contributed by atoms with E-state index >= 15 is 0 Å². The predicted octanol–water partition coefficient (Wildman–Crippen LogP) is -1.15. The van der Waals surface area contributed by atoms with Crippen LogP contribution in [-0.4, -0.2) is 100 Å². The molecule has 0 unspecified atom stereocenters. The SMILES string of the molecule is CC=CC(=O)NCCCS(=O)(=O)[O-].CC=CC(=O)NCCCS(=O)(=O)[O-].[Ca+2]. The summed E-state index contributed by atoms with van der Waals surface area (Å²) < 4.78 is 60.7. The molecule has 0 bridgehead atoms. The summed E-state index contributed by atoms with van der Waals surface area (Å²) in [6.07, 6.45) is 6.08. The minimum absolute atomic E-state index is 0. The normalized spacial score (nSPS) is 11.4. The van der Waals surface area contributed by atoms with Gasteiger partial charge in [0.2, 0.25) is 11.8 Å². The zero-order valence-electron chi connectivity index (χ0n) is 15.3. The fourth-order valence-corrected chi connectivity index (χ4v) is 2.34. The molecule has 0 atom stereocenters. The summed E-state index contributed by atoms with van der Waals surface area (Å²) in [6, 6.07) is 0. The third-order valence-corrected chi connectivity index (χ3v) is 3.95. The van der Waals surface area contributed by atoms with Crippen LogP contribution in [-0.2, 0) is 29.8 Å². The van der Waals surface area contributed by atoms with Crippen LogP contribution >= 0.6 is 0 Å². The van der Waals surface area contributed by atoms with Gasteiger partial charge in [0.05, 0.1) is 20.2 Å². The van der Waals surface area contributed by atoms with Crippen LogP contribution in [0.25, 0.3) is 0 Å². The zero-order valence-corrected chi connectivity index (χ0v) is 19.2. The first-order chi connectivity index (χ1) is 11.9. The Kier molecular flexibility index (Phi) is 20.3. The van der Waals surface area contributed by atoms with Crippen molar-refractivity contribution in [2.45, 2.75) is 26.7 Å². The van der Waals surface area contributed by atoms with Crippen LogP contribution < -0.4 is 10.6 Å². The molecule has 0 rings (SSSR count). The van der Waals surface area contributed by atoms with E-state index in [1.807, 2.05) is 0 Å². The second-order valence-corrected chi connectivity index (χ2v) is 7.86. The van der Waals surface area contributed by atoms with Gasteiger partial charge in [0.25, 0.3) is 0 Å². The molecule has 0 radical (unpaired) electrons. The van der Waals surface area contributed by atoms with Gasteiger partial charge >= 0.3 is 37.7 Å². The number of hydrogen-bond acceptors (Lipinski definition) is 8. The third-order valence-electron chi connectivity index (χ3n) is 2.38. The van der Waals surface area contributed by atoms with E-state index in [1.54, 1.807) is 26.0 Å². The van der Waals surface area contributed by atoms with Crippen LogP contribution in [0.3, 0.4) is 0 Å². The number of carbonyl (C=O) groups excluding carboxylic acids is 2. The second-order valence-electron chi connectivity index (χ2n) is 4.81. The Hall–Kier alpha value is -0.500. The summed E-state index contributed by atoms with van der Waals surface area (Å²) in [6.45, 7) is 3.79.